The standard InChI is InChI=1S/C13H12N2O5S/c1-20-10-5-7-11(8-6-10)21(18,19)12-4-2-3-9-14-15(12)13(16)17/h2-9H,1H3,(H,16,17). The van der Waals surface area contributed by atoms with E-state index < -0.39 is 21.0 Å². The number of methoxy groups -OCH3 is 1. The first-order valence-electron chi connectivity index (χ1n) is 5.80. The van der Waals surface area contributed by atoms with E-state index in [-0.39, 0.29) is 4.90 Å². The van der Waals surface area contributed by atoms with Gasteiger partial charge in [0, 0.05) is 6.21 Å². The molecule has 21 heavy (non-hydrogen) atoms. The van der Waals surface area contributed by atoms with Crippen molar-refractivity contribution >= 4 is 22.1 Å². The molecule has 7 nitrogen and oxygen atoms in total. The molecule has 0 unspecified atom stereocenters. The fourth-order valence-electron chi connectivity index (χ4n) is 1.64. The molecule has 0 bridgehead atoms. The first-order chi connectivity index (χ1) is 9.96. The number of allylic oxidation sites excluding steroid dienone is 3. The number of hydrogen-bond donors (Lipinski definition) is 1. The van der Waals surface area contributed by atoms with Crippen LogP contribution in [-0.4, -0.2) is 38.0 Å². The van der Waals surface area contributed by atoms with Crippen LogP contribution < -0.4 is 4.74 Å². The molecule has 0 radical (unpaired) electrons. The summed E-state index contributed by atoms with van der Waals surface area (Å²) in [5.74, 6) is 0.497. The highest BCUT2D eigenvalue weighted by Crippen LogP contribution is 2.25. The third-order valence-corrected chi connectivity index (χ3v) is 4.41. The summed E-state index contributed by atoms with van der Waals surface area (Å²) in [6.07, 6.45) is 3.73. The van der Waals surface area contributed by atoms with E-state index in [2.05, 4.69) is 5.10 Å². The van der Waals surface area contributed by atoms with E-state index >= 15 is 0 Å². The zero-order chi connectivity index (χ0) is 15.5. The van der Waals surface area contributed by atoms with Gasteiger partial charge in [0.15, 0.2) is 5.03 Å². The quantitative estimate of drug-likeness (QED) is 0.919. The Morgan fingerprint density at radius 2 is 1.90 bits per heavy atom. The first-order valence-corrected chi connectivity index (χ1v) is 7.28. The third kappa shape index (κ3) is 2.95. The van der Waals surface area contributed by atoms with Crippen LogP contribution in [0.2, 0.25) is 0 Å². The van der Waals surface area contributed by atoms with Crippen molar-refractivity contribution in [1.82, 2.24) is 5.01 Å². The predicted molar refractivity (Wildman–Crippen MR) is 75.8 cm³/mol. The molecule has 2 rings (SSSR count). The highest BCUT2D eigenvalue weighted by molar-refractivity contribution is 7.95. The van der Waals surface area contributed by atoms with Gasteiger partial charge >= 0.3 is 6.09 Å². The zero-order valence-electron chi connectivity index (χ0n) is 11.0. The van der Waals surface area contributed by atoms with Crippen LogP contribution in [-0.2, 0) is 9.84 Å². The Bertz CT molecular complexity index is 732. The van der Waals surface area contributed by atoms with Gasteiger partial charge in [-0.2, -0.15) is 10.1 Å². The molecule has 0 aromatic heterocycles. The molecular formula is C13H12N2O5S. The maximum atomic E-state index is 12.5. The summed E-state index contributed by atoms with van der Waals surface area (Å²) < 4.78 is 30.0. The van der Waals surface area contributed by atoms with E-state index in [1.165, 1.54) is 55.8 Å². The Balaban J connectivity index is 2.50. The van der Waals surface area contributed by atoms with Gasteiger partial charge in [0.1, 0.15) is 5.75 Å². The Morgan fingerprint density at radius 1 is 1.24 bits per heavy atom. The van der Waals surface area contributed by atoms with Crippen molar-refractivity contribution in [2.45, 2.75) is 4.90 Å². The lowest BCUT2D eigenvalue weighted by Gasteiger charge is -2.16. The van der Waals surface area contributed by atoms with E-state index in [0.29, 0.717) is 10.8 Å². The second-order valence-electron chi connectivity index (χ2n) is 3.93. The van der Waals surface area contributed by atoms with E-state index in [1.54, 1.807) is 0 Å². The fourth-order valence-corrected chi connectivity index (χ4v) is 2.99. The van der Waals surface area contributed by atoms with Gasteiger partial charge in [-0.1, -0.05) is 6.08 Å². The summed E-state index contributed by atoms with van der Waals surface area (Å²) in [4.78, 5) is 11.1. The van der Waals surface area contributed by atoms with Crippen LogP contribution in [0.4, 0.5) is 4.79 Å². The van der Waals surface area contributed by atoms with Crippen molar-refractivity contribution in [1.29, 1.82) is 0 Å². The van der Waals surface area contributed by atoms with Crippen LogP contribution in [0.3, 0.4) is 0 Å². The van der Waals surface area contributed by atoms with Gasteiger partial charge < -0.3 is 9.84 Å². The topological polar surface area (TPSA) is 96.3 Å². The van der Waals surface area contributed by atoms with Gasteiger partial charge in [-0.3, -0.25) is 0 Å². The molecule has 0 spiro atoms. The number of nitrogens with zero attached hydrogens (tertiary/aromatic N) is 2. The Hall–Kier alpha value is -2.61. The lowest BCUT2D eigenvalue weighted by Crippen LogP contribution is -2.27. The molecule has 0 saturated heterocycles. The molecule has 0 fully saturated rings. The van der Waals surface area contributed by atoms with E-state index in [1.807, 2.05) is 0 Å². The largest absolute Gasteiger partial charge is 0.497 e. The first kappa shape index (κ1) is 14.8. The summed E-state index contributed by atoms with van der Waals surface area (Å²) in [6.45, 7) is 0. The van der Waals surface area contributed by atoms with Crippen molar-refractivity contribution in [3.8, 4) is 5.75 Å². The van der Waals surface area contributed by atoms with Crippen molar-refractivity contribution in [3.05, 3.63) is 47.5 Å². The lowest BCUT2D eigenvalue weighted by molar-refractivity contribution is 0.163. The number of carbonyl (C=O) groups is 1. The molecule has 1 heterocycles. The Morgan fingerprint density at radius 3 is 2.48 bits per heavy atom. The van der Waals surface area contributed by atoms with Crippen molar-refractivity contribution < 1.29 is 23.1 Å². The average molecular weight is 308 g/mol. The minimum absolute atomic E-state index is 0.0497. The molecule has 0 aliphatic carbocycles. The summed E-state index contributed by atoms with van der Waals surface area (Å²) in [5, 5.41) is 12.6. The molecule has 0 atom stereocenters. The number of rotatable bonds is 3. The minimum Gasteiger partial charge on any atom is -0.497 e. The summed E-state index contributed by atoms with van der Waals surface area (Å²) in [7, 11) is -2.56. The molecule has 1 aromatic carbocycles. The van der Waals surface area contributed by atoms with E-state index in [0.717, 1.165) is 0 Å². The predicted octanol–water partition coefficient (Wildman–Crippen LogP) is 1.85. The Kier molecular flexibility index (Phi) is 4.08. The number of benzene rings is 1. The van der Waals surface area contributed by atoms with Gasteiger partial charge in [0.25, 0.3) is 0 Å². The highest BCUT2D eigenvalue weighted by Gasteiger charge is 2.30. The van der Waals surface area contributed by atoms with Gasteiger partial charge in [0.05, 0.1) is 12.0 Å². The molecule has 8 heteroatoms. The molecule has 0 saturated carbocycles. The number of hydrazone groups is 1. The van der Waals surface area contributed by atoms with E-state index in [9.17, 15) is 13.2 Å². The van der Waals surface area contributed by atoms with Gasteiger partial charge in [-0.05, 0) is 36.4 Å². The maximum Gasteiger partial charge on any atom is 0.433 e. The van der Waals surface area contributed by atoms with Crippen LogP contribution in [0, 0.1) is 0 Å². The zero-order valence-corrected chi connectivity index (χ0v) is 11.8. The van der Waals surface area contributed by atoms with Gasteiger partial charge in [0.2, 0.25) is 9.84 Å². The number of amides is 1. The Labute approximate surface area is 121 Å². The lowest BCUT2D eigenvalue weighted by atomic mass is 10.3. The van der Waals surface area contributed by atoms with Crippen LogP contribution in [0.25, 0.3) is 0 Å². The molecule has 1 aliphatic heterocycles. The number of ether oxygens (including phenoxy) is 1. The maximum absolute atomic E-state index is 12.5. The average Bonchev–Trinajstić information content (AvgIpc) is 2.73. The van der Waals surface area contributed by atoms with Gasteiger partial charge in [-0.15, -0.1) is 0 Å². The second kappa shape index (κ2) is 5.80. The highest BCUT2D eigenvalue weighted by atomic mass is 32.2. The fraction of sp³-hybridized carbons (Fsp3) is 0.0769. The number of carboxylic acid groups (broad SMARTS) is 1. The van der Waals surface area contributed by atoms with E-state index in [4.69, 9.17) is 9.84 Å². The SMILES string of the molecule is COc1ccc(S(=O)(=O)C2=CC=CC=NN2C(=O)O)cc1. The monoisotopic (exact) mass is 308 g/mol. The van der Waals surface area contributed by atoms with Crippen LogP contribution in [0.5, 0.6) is 5.75 Å². The molecule has 110 valence electrons. The summed E-state index contributed by atoms with van der Waals surface area (Å²) >= 11 is 0. The van der Waals surface area contributed by atoms with Gasteiger partial charge in [-0.25, -0.2) is 13.2 Å². The normalized spacial score (nSPS) is 14.5. The molecular weight excluding hydrogens is 296 g/mol. The smallest absolute Gasteiger partial charge is 0.433 e. The molecule has 1 amide bonds. The molecule has 1 N–H and O–H groups in total. The molecule has 1 aromatic rings. The summed E-state index contributed by atoms with van der Waals surface area (Å²) in [6, 6.07) is 5.64. The number of hydrogen-bond acceptors (Lipinski definition) is 5. The number of sulfone groups is 1. The minimum atomic E-state index is -4.02. The van der Waals surface area contributed by atoms with Crippen LogP contribution in [0.1, 0.15) is 0 Å². The second-order valence-corrected chi connectivity index (χ2v) is 5.82. The summed E-state index contributed by atoms with van der Waals surface area (Å²) in [5.41, 5.74) is 0. The van der Waals surface area contributed by atoms with Crippen molar-refractivity contribution in [3.63, 3.8) is 0 Å². The molecule has 1 aliphatic rings. The van der Waals surface area contributed by atoms with Crippen LogP contribution in [0.15, 0.2) is 57.5 Å². The van der Waals surface area contributed by atoms with Crippen LogP contribution >= 0.6 is 0 Å². The third-order valence-electron chi connectivity index (χ3n) is 2.65. The van der Waals surface area contributed by atoms with Crippen molar-refractivity contribution in [2.24, 2.45) is 5.10 Å². The van der Waals surface area contributed by atoms with Crippen molar-refractivity contribution in [2.75, 3.05) is 7.11 Å².